The first-order chi connectivity index (χ1) is 6.11. The molecule has 1 aliphatic heterocycles. The summed E-state index contributed by atoms with van der Waals surface area (Å²) in [5.74, 6) is -0.196. The van der Waals surface area contributed by atoms with Gasteiger partial charge in [-0.1, -0.05) is 15.9 Å². The predicted octanol–water partition coefficient (Wildman–Crippen LogP) is 1.88. The quantitative estimate of drug-likeness (QED) is 0.555. The molecule has 0 aromatic carbocycles. The van der Waals surface area contributed by atoms with Gasteiger partial charge in [0.2, 0.25) is 0 Å². The highest BCUT2D eigenvalue weighted by Crippen LogP contribution is 2.26. The minimum Gasteiger partial charge on any atom is -0.469 e. The summed E-state index contributed by atoms with van der Waals surface area (Å²) in [4.78, 5) is 11.4. The van der Waals surface area contributed by atoms with Gasteiger partial charge in [-0.3, -0.25) is 4.79 Å². The van der Waals surface area contributed by atoms with E-state index in [0.717, 1.165) is 12.8 Å². The van der Waals surface area contributed by atoms with Crippen LogP contribution in [0, 0.1) is 0 Å². The summed E-state index contributed by atoms with van der Waals surface area (Å²) in [6.07, 6.45) is 2.51. The molecule has 1 aliphatic rings. The van der Waals surface area contributed by atoms with Gasteiger partial charge in [0.1, 0.15) is 0 Å². The average Bonchev–Trinajstić information content (AvgIpc) is 2.02. The SMILES string of the molecule is COC(=O)C[C@H]1C[C@@H](Br)C[C@@H](C)O1. The van der Waals surface area contributed by atoms with Gasteiger partial charge in [-0.05, 0) is 19.8 Å². The minimum atomic E-state index is -0.196. The summed E-state index contributed by atoms with van der Waals surface area (Å²) in [6.45, 7) is 2.03. The van der Waals surface area contributed by atoms with Gasteiger partial charge in [0.15, 0.2) is 0 Å². The zero-order chi connectivity index (χ0) is 9.84. The van der Waals surface area contributed by atoms with Crippen molar-refractivity contribution in [3.8, 4) is 0 Å². The van der Waals surface area contributed by atoms with Crippen LogP contribution in [-0.4, -0.2) is 30.1 Å². The first kappa shape index (κ1) is 11.0. The molecule has 0 bridgehead atoms. The summed E-state index contributed by atoms with van der Waals surface area (Å²) in [7, 11) is 1.40. The molecule has 0 saturated carbocycles. The second-order valence-electron chi connectivity index (χ2n) is 3.42. The molecule has 0 N–H and O–H groups in total. The van der Waals surface area contributed by atoms with E-state index in [0.29, 0.717) is 11.2 Å². The van der Waals surface area contributed by atoms with Crippen molar-refractivity contribution in [1.82, 2.24) is 0 Å². The smallest absolute Gasteiger partial charge is 0.308 e. The molecular formula is C9H15BrO3. The second-order valence-corrected chi connectivity index (χ2v) is 4.71. The third-order valence-electron chi connectivity index (χ3n) is 2.15. The number of methoxy groups -OCH3 is 1. The standard InChI is InChI=1S/C9H15BrO3/c1-6-3-7(10)4-8(13-6)5-9(11)12-2/h6-8H,3-5H2,1-2H3/t6-,7+,8-/m1/s1. The molecule has 3 atom stereocenters. The van der Waals surface area contributed by atoms with Crippen LogP contribution in [0.5, 0.6) is 0 Å². The molecule has 3 nitrogen and oxygen atoms in total. The van der Waals surface area contributed by atoms with Crippen LogP contribution in [0.25, 0.3) is 0 Å². The molecule has 1 rings (SSSR count). The van der Waals surface area contributed by atoms with E-state index in [9.17, 15) is 4.79 Å². The van der Waals surface area contributed by atoms with Gasteiger partial charge >= 0.3 is 5.97 Å². The van der Waals surface area contributed by atoms with E-state index >= 15 is 0 Å². The first-order valence-electron chi connectivity index (χ1n) is 4.48. The highest BCUT2D eigenvalue weighted by molar-refractivity contribution is 9.09. The molecule has 76 valence electrons. The van der Waals surface area contributed by atoms with Crippen molar-refractivity contribution in [2.75, 3.05) is 7.11 Å². The summed E-state index contributed by atoms with van der Waals surface area (Å²) in [6, 6.07) is 0. The number of carbonyl (C=O) groups excluding carboxylic acids is 1. The molecule has 0 amide bonds. The van der Waals surface area contributed by atoms with E-state index in [-0.39, 0.29) is 18.2 Å². The number of alkyl halides is 1. The zero-order valence-electron chi connectivity index (χ0n) is 7.96. The number of esters is 1. The van der Waals surface area contributed by atoms with Crippen molar-refractivity contribution in [3.05, 3.63) is 0 Å². The van der Waals surface area contributed by atoms with Gasteiger partial charge in [0.05, 0.1) is 25.7 Å². The molecule has 1 fully saturated rings. The highest BCUT2D eigenvalue weighted by atomic mass is 79.9. The zero-order valence-corrected chi connectivity index (χ0v) is 9.54. The summed E-state index contributed by atoms with van der Waals surface area (Å²) in [5, 5.41) is 0. The maximum absolute atomic E-state index is 11.0. The minimum absolute atomic E-state index is 0.0144. The number of rotatable bonds is 2. The second kappa shape index (κ2) is 4.96. The Kier molecular flexibility index (Phi) is 4.19. The van der Waals surface area contributed by atoms with Gasteiger partial charge in [-0.25, -0.2) is 0 Å². The van der Waals surface area contributed by atoms with Gasteiger partial charge in [0, 0.05) is 4.83 Å². The fraction of sp³-hybridized carbons (Fsp3) is 0.889. The Morgan fingerprint density at radius 3 is 2.85 bits per heavy atom. The number of halogens is 1. The van der Waals surface area contributed by atoms with E-state index in [1.54, 1.807) is 0 Å². The van der Waals surface area contributed by atoms with Gasteiger partial charge in [-0.2, -0.15) is 0 Å². The maximum Gasteiger partial charge on any atom is 0.308 e. The fourth-order valence-electron chi connectivity index (χ4n) is 1.58. The molecule has 0 aliphatic carbocycles. The Bertz CT molecular complexity index is 174. The summed E-state index contributed by atoms with van der Waals surface area (Å²) >= 11 is 3.55. The Labute approximate surface area is 86.9 Å². The third kappa shape index (κ3) is 3.65. The molecule has 0 radical (unpaired) electrons. The Morgan fingerprint density at radius 2 is 2.31 bits per heavy atom. The normalized spacial score (nSPS) is 34.2. The molecule has 0 aromatic rings. The van der Waals surface area contributed by atoms with Crippen molar-refractivity contribution < 1.29 is 14.3 Å². The van der Waals surface area contributed by atoms with E-state index in [2.05, 4.69) is 20.7 Å². The highest BCUT2D eigenvalue weighted by Gasteiger charge is 2.27. The predicted molar refractivity (Wildman–Crippen MR) is 52.9 cm³/mol. The Hall–Kier alpha value is -0.0900. The topological polar surface area (TPSA) is 35.5 Å². The number of ether oxygens (including phenoxy) is 2. The molecule has 13 heavy (non-hydrogen) atoms. The lowest BCUT2D eigenvalue weighted by Gasteiger charge is -2.30. The number of hydrogen-bond donors (Lipinski definition) is 0. The van der Waals surface area contributed by atoms with Crippen molar-refractivity contribution >= 4 is 21.9 Å². The van der Waals surface area contributed by atoms with E-state index in [1.807, 2.05) is 6.92 Å². The summed E-state index contributed by atoms with van der Waals surface area (Å²) in [5.41, 5.74) is 0. The van der Waals surface area contributed by atoms with E-state index in [4.69, 9.17) is 4.74 Å². The average molecular weight is 251 g/mol. The van der Waals surface area contributed by atoms with Crippen LogP contribution in [0.4, 0.5) is 0 Å². The lowest BCUT2D eigenvalue weighted by Crippen LogP contribution is -2.33. The van der Waals surface area contributed by atoms with Crippen LogP contribution in [-0.2, 0) is 14.3 Å². The molecule has 0 spiro atoms. The van der Waals surface area contributed by atoms with Crippen LogP contribution in [0.3, 0.4) is 0 Å². The number of hydrogen-bond acceptors (Lipinski definition) is 3. The van der Waals surface area contributed by atoms with Gasteiger partial charge < -0.3 is 9.47 Å². The van der Waals surface area contributed by atoms with Gasteiger partial charge in [0.25, 0.3) is 0 Å². The Balaban J connectivity index is 2.37. The largest absolute Gasteiger partial charge is 0.469 e. The molecule has 1 saturated heterocycles. The Morgan fingerprint density at radius 1 is 1.62 bits per heavy atom. The van der Waals surface area contributed by atoms with E-state index in [1.165, 1.54) is 7.11 Å². The van der Waals surface area contributed by atoms with Crippen LogP contribution in [0.2, 0.25) is 0 Å². The van der Waals surface area contributed by atoms with Crippen molar-refractivity contribution in [3.63, 3.8) is 0 Å². The lowest BCUT2D eigenvalue weighted by atomic mass is 10.0. The van der Waals surface area contributed by atoms with Crippen LogP contribution in [0.1, 0.15) is 26.2 Å². The summed E-state index contributed by atoms with van der Waals surface area (Å²) < 4.78 is 10.2. The molecule has 1 heterocycles. The molecule has 4 heteroatoms. The van der Waals surface area contributed by atoms with Crippen LogP contribution in [0.15, 0.2) is 0 Å². The first-order valence-corrected chi connectivity index (χ1v) is 5.39. The van der Waals surface area contributed by atoms with Crippen molar-refractivity contribution in [1.29, 1.82) is 0 Å². The third-order valence-corrected chi connectivity index (χ3v) is 2.90. The number of carbonyl (C=O) groups is 1. The monoisotopic (exact) mass is 250 g/mol. The lowest BCUT2D eigenvalue weighted by molar-refractivity contribution is -0.146. The van der Waals surface area contributed by atoms with Gasteiger partial charge in [-0.15, -0.1) is 0 Å². The van der Waals surface area contributed by atoms with Crippen LogP contribution >= 0.6 is 15.9 Å². The van der Waals surface area contributed by atoms with Crippen LogP contribution < -0.4 is 0 Å². The van der Waals surface area contributed by atoms with E-state index < -0.39 is 0 Å². The van der Waals surface area contributed by atoms with Crippen molar-refractivity contribution in [2.24, 2.45) is 0 Å². The fourth-order valence-corrected chi connectivity index (χ4v) is 2.53. The molecule has 0 aromatic heterocycles. The molecule has 0 unspecified atom stereocenters. The molecular weight excluding hydrogens is 236 g/mol. The maximum atomic E-state index is 11.0. The van der Waals surface area contributed by atoms with Crippen molar-refractivity contribution in [2.45, 2.75) is 43.2 Å².